The number of carbonyl (C=O) groups excluding carboxylic acids is 2. The number of nitrogens with zero attached hydrogens (tertiary/aromatic N) is 4. The smallest absolute Gasteiger partial charge is 0.325 e. The van der Waals surface area contributed by atoms with Crippen LogP contribution in [0.4, 0.5) is 21.0 Å². The third kappa shape index (κ3) is 11.4. The number of unbranched alkanes of at least 4 members (excludes halogenated alkanes) is 5. The van der Waals surface area contributed by atoms with E-state index in [-0.39, 0.29) is 18.1 Å². The molecule has 1 atom stereocenters. The first kappa shape index (κ1) is 36.0. The zero-order valence-electron chi connectivity index (χ0n) is 28.9. The van der Waals surface area contributed by atoms with Gasteiger partial charge in [0.15, 0.2) is 0 Å². The van der Waals surface area contributed by atoms with Crippen molar-refractivity contribution >= 4 is 23.4 Å². The summed E-state index contributed by atoms with van der Waals surface area (Å²) in [4.78, 5) is 36.4. The lowest BCUT2D eigenvalue weighted by atomic mass is 10.1. The molecular weight excluding hydrogens is 582 g/mol. The number of nitrogens with one attached hydrogen (secondary N) is 1. The Morgan fingerprint density at radius 3 is 1.83 bits per heavy atom. The van der Waals surface area contributed by atoms with Gasteiger partial charge in [-0.2, -0.15) is 0 Å². The molecule has 3 aromatic rings. The van der Waals surface area contributed by atoms with Crippen molar-refractivity contribution in [2.24, 2.45) is 0 Å². The summed E-state index contributed by atoms with van der Waals surface area (Å²) in [5.41, 5.74) is 3.07. The number of amides is 4. The van der Waals surface area contributed by atoms with Crippen LogP contribution in [0.3, 0.4) is 0 Å². The van der Waals surface area contributed by atoms with Gasteiger partial charge in [-0.05, 0) is 81.4 Å². The van der Waals surface area contributed by atoms with E-state index in [9.17, 15) is 9.59 Å². The molecule has 1 aliphatic heterocycles. The molecule has 1 unspecified atom stereocenters. The molecule has 0 aromatic heterocycles. The van der Waals surface area contributed by atoms with Gasteiger partial charge in [0.1, 0.15) is 0 Å². The second kappa shape index (κ2) is 20.4. The zero-order valence-corrected chi connectivity index (χ0v) is 28.9. The summed E-state index contributed by atoms with van der Waals surface area (Å²) in [6.07, 6.45) is 10.7. The Labute approximate surface area is 283 Å². The van der Waals surface area contributed by atoms with E-state index in [1.807, 2.05) is 75.4 Å². The number of hydrogen-bond acceptors (Lipinski definition) is 3. The summed E-state index contributed by atoms with van der Waals surface area (Å²) in [5, 5.41) is 3.64. The third-order valence-electron chi connectivity index (χ3n) is 9.12. The summed E-state index contributed by atoms with van der Waals surface area (Å²) >= 11 is 0. The summed E-state index contributed by atoms with van der Waals surface area (Å²) in [7, 11) is 0. The van der Waals surface area contributed by atoms with Gasteiger partial charge in [-0.3, -0.25) is 4.90 Å². The second-order valence-electron chi connectivity index (χ2n) is 12.7. The topological polar surface area (TPSA) is 59.1 Å². The molecule has 0 spiro atoms. The minimum Gasteiger partial charge on any atom is -0.325 e. The van der Waals surface area contributed by atoms with Crippen LogP contribution in [0.25, 0.3) is 0 Å². The molecule has 1 saturated heterocycles. The lowest BCUT2D eigenvalue weighted by molar-refractivity contribution is 0.0880. The van der Waals surface area contributed by atoms with Gasteiger partial charge in [0.25, 0.3) is 0 Å². The lowest BCUT2D eigenvalue weighted by Gasteiger charge is -2.44. The first-order valence-corrected chi connectivity index (χ1v) is 18.1. The molecule has 1 N–H and O–H groups in total. The number of para-hydroxylation sites is 2. The highest BCUT2D eigenvalue weighted by Crippen LogP contribution is 2.28. The van der Waals surface area contributed by atoms with E-state index in [1.165, 1.54) is 5.56 Å². The van der Waals surface area contributed by atoms with Crippen molar-refractivity contribution in [3.05, 3.63) is 96.6 Å². The van der Waals surface area contributed by atoms with Crippen LogP contribution in [0.2, 0.25) is 0 Å². The number of rotatable bonds is 18. The summed E-state index contributed by atoms with van der Waals surface area (Å²) in [5.74, 6) is 0. The maximum atomic E-state index is 14.5. The van der Waals surface area contributed by atoms with Crippen molar-refractivity contribution in [2.45, 2.75) is 84.1 Å². The normalized spacial score (nSPS) is 14.6. The van der Waals surface area contributed by atoms with E-state index < -0.39 is 0 Å². The third-order valence-corrected chi connectivity index (χ3v) is 9.12. The average molecular weight is 640 g/mol. The van der Waals surface area contributed by atoms with Gasteiger partial charge in [-0.15, -0.1) is 0 Å². The fourth-order valence-electron chi connectivity index (χ4n) is 6.41. The molecule has 0 radical (unpaired) electrons. The molecule has 4 rings (SSSR count). The van der Waals surface area contributed by atoms with E-state index in [1.54, 1.807) is 0 Å². The highest BCUT2D eigenvalue weighted by atomic mass is 16.2. The molecule has 7 heteroatoms. The van der Waals surface area contributed by atoms with Gasteiger partial charge in [0.2, 0.25) is 0 Å². The van der Waals surface area contributed by atoms with Crippen molar-refractivity contribution in [2.75, 3.05) is 50.7 Å². The Balaban J connectivity index is 1.45. The number of carbonyl (C=O) groups is 2. The fraction of sp³-hybridized carbons (Fsp3) is 0.500. The van der Waals surface area contributed by atoms with E-state index >= 15 is 0 Å². The Morgan fingerprint density at radius 2 is 1.26 bits per heavy atom. The van der Waals surface area contributed by atoms with E-state index in [0.29, 0.717) is 19.6 Å². The largest absolute Gasteiger partial charge is 0.329 e. The van der Waals surface area contributed by atoms with Crippen LogP contribution in [-0.4, -0.2) is 78.6 Å². The predicted molar refractivity (Wildman–Crippen MR) is 195 cm³/mol. The minimum atomic E-state index is -0.0833. The Hall–Kier alpha value is -3.84. The van der Waals surface area contributed by atoms with Crippen LogP contribution in [0.1, 0.15) is 77.2 Å². The molecule has 3 aromatic carbocycles. The monoisotopic (exact) mass is 639 g/mol. The molecule has 0 saturated carbocycles. The van der Waals surface area contributed by atoms with E-state index in [2.05, 4.69) is 54.4 Å². The molecule has 0 bridgehead atoms. The quantitative estimate of drug-likeness (QED) is 0.142. The number of aryl methyl sites for hydroxylation is 1. The van der Waals surface area contributed by atoms with Crippen LogP contribution >= 0.6 is 0 Å². The van der Waals surface area contributed by atoms with Gasteiger partial charge in [-0.1, -0.05) is 106 Å². The number of anilines is 2. The molecule has 254 valence electrons. The van der Waals surface area contributed by atoms with Gasteiger partial charge in [-0.25, -0.2) is 9.59 Å². The number of benzene rings is 3. The first-order valence-electron chi connectivity index (χ1n) is 18.1. The van der Waals surface area contributed by atoms with Crippen LogP contribution in [0, 0.1) is 0 Å². The molecular formula is C40H57N5O2. The number of hydrogen-bond donors (Lipinski definition) is 1. The molecule has 4 amide bonds. The SMILES string of the molecule is CCCCCN(CCCCC)C(=O)N1CCN(C(=O)N(c2ccccc2)c2ccccc2)C(CCNCCCCc2ccccc2)C1. The maximum Gasteiger partial charge on any atom is 0.329 e. The Kier molecular flexibility index (Phi) is 15.6. The Bertz CT molecular complexity index is 1240. The lowest BCUT2D eigenvalue weighted by Crippen LogP contribution is -2.61. The standard InChI is InChI=1S/C40H57N5O2/c1-3-5-18-30-42(31-19-6-4-2)39(46)43-32-33-44(38(34-43)27-29-41-28-17-16-22-35-20-10-7-11-21-35)40(47)45(36-23-12-8-13-24-36)37-25-14-9-15-26-37/h7-15,20-21,23-26,38,41H,3-6,16-19,22,27-34H2,1-2H3. The van der Waals surface area contributed by atoms with E-state index in [0.717, 1.165) is 102 Å². The first-order chi connectivity index (χ1) is 23.1. The zero-order chi connectivity index (χ0) is 33.1. The molecule has 47 heavy (non-hydrogen) atoms. The molecule has 1 aliphatic rings. The van der Waals surface area contributed by atoms with Crippen molar-refractivity contribution in [1.82, 2.24) is 20.0 Å². The van der Waals surface area contributed by atoms with Crippen LogP contribution < -0.4 is 10.2 Å². The van der Waals surface area contributed by atoms with Crippen LogP contribution in [0.15, 0.2) is 91.0 Å². The van der Waals surface area contributed by atoms with Crippen molar-refractivity contribution in [3.63, 3.8) is 0 Å². The maximum absolute atomic E-state index is 14.5. The van der Waals surface area contributed by atoms with Crippen LogP contribution in [0.5, 0.6) is 0 Å². The molecule has 1 heterocycles. The van der Waals surface area contributed by atoms with Crippen molar-refractivity contribution in [1.29, 1.82) is 0 Å². The molecule has 0 aliphatic carbocycles. The van der Waals surface area contributed by atoms with E-state index in [4.69, 9.17) is 0 Å². The van der Waals surface area contributed by atoms with Gasteiger partial charge in [0.05, 0.1) is 17.4 Å². The van der Waals surface area contributed by atoms with Crippen molar-refractivity contribution in [3.8, 4) is 0 Å². The predicted octanol–water partition coefficient (Wildman–Crippen LogP) is 8.74. The average Bonchev–Trinajstić information content (AvgIpc) is 3.12. The second-order valence-corrected chi connectivity index (χ2v) is 12.7. The fourth-order valence-corrected chi connectivity index (χ4v) is 6.41. The summed E-state index contributed by atoms with van der Waals surface area (Å²) in [6, 6.07) is 30.5. The van der Waals surface area contributed by atoms with Gasteiger partial charge >= 0.3 is 12.1 Å². The van der Waals surface area contributed by atoms with Crippen molar-refractivity contribution < 1.29 is 9.59 Å². The summed E-state index contributed by atoms with van der Waals surface area (Å²) in [6.45, 7) is 9.37. The van der Waals surface area contributed by atoms with Gasteiger partial charge in [0, 0.05) is 32.7 Å². The highest BCUT2D eigenvalue weighted by molar-refractivity contribution is 5.99. The number of piperazine rings is 1. The molecule has 7 nitrogen and oxygen atoms in total. The van der Waals surface area contributed by atoms with Crippen LogP contribution in [-0.2, 0) is 6.42 Å². The number of urea groups is 2. The highest BCUT2D eigenvalue weighted by Gasteiger charge is 2.36. The summed E-state index contributed by atoms with van der Waals surface area (Å²) < 4.78 is 0. The molecule has 1 fully saturated rings. The Morgan fingerprint density at radius 1 is 0.681 bits per heavy atom. The minimum absolute atomic E-state index is 0.0369. The van der Waals surface area contributed by atoms with Gasteiger partial charge < -0.3 is 20.0 Å².